The molecule has 0 unspecified atom stereocenters. The number of ether oxygens (including phenoxy) is 1. The molecule has 0 heterocycles. The van der Waals surface area contributed by atoms with Crippen molar-refractivity contribution in [2.45, 2.75) is 38.8 Å². The molecule has 0 fully saturated rings. The summed E-state index contributed by atoms with van der Waals surface area (Å²) in [6.07, 6.45) is 1.76. The van der Waals surface area contributed by atoms with E-state index in [0.29, 0.717) is 29.4 Å². The highest BCUT2D eigenvalue weighted by atomic mass is 35.5. The molecule has 8 nitrogen and oxygen atoms in total. The normalized spacial score (nSPS) is 11.9. The highest BCUT2D eigenvalue weighted by Gasteiger charge is 2.30. The molecule has 3 aromatic rings. The lowest BCUT2D eigenvalue weighted by molar-refractivity contribution is -0.141. The van der Waals surface area contributed by atoms with Crippen molar-refractivity contribution >= 4 is 39.1 Å². The average molecular weight is 586 g/mol. The minimum absolute atomic E-state index is 0.0429. The molecule has 0 saturated carbocycles. The number of sulfonamides is 1. The Hall–Kier alpha value is -3.56. The maximum atomic E-state index is 13.8. The quantitative estimate of drug-likeness (QED) is 0.297. The standard InChI is InChI=1S/C30H36ClN3O5S/c1-4-32-30(36)28(20-23-11-6-5-7-12-23)33(22-24-13-8-14-25(31)19-24)29(35)17-10-18-34(40(3,37)38)26-15-9-16-27(21-26)39-2/h5-9,11-16,19,21,28H,4,10,17-18,20,22H2,1-3H3,(H,32,36)/t28-/m0/s1. The lowest BCUT2D eigenvalue weighted by atomic mass is 10.0. The Kier molecular flexibility index (Phi) is 11.4. The molecule has 0 bridgehead atoms. The maximum Gasteiger partial charge on any atom is 0.243 e. The van der Waals surface area contributed by atoms with Crippen molar-refractivity contribution in [3.63, 3.8) is 0 Å². The fourth-order valence-corrected chi connectivity index (χ4v) is 5.62. The Labute approximate surface area is 241 Å². The topological polar surface area (TPSA) is 96.0 Å². The number of nitrogens with one attached hydrogen (secondary N) is 1. The number of hydrogen-bond donors (Lipinski definition) is 1. The van der Waals surface area contributed by atoms with Crippen molar-refractivity contribution in [2.75, 3.05) is 30.8 Å². The van der Waals surface area contributed by atoms with Gasteiger partial charge in [-0.15, -0.1) is 0 Å². The number of anilines is 1. The van der Waals surface area contributed by atoms with Gasteiger partial charge in [0.1, 0.15) is 11.8 Å². The van der Waals surface area contributed by atoms with Gasteiger partial charge in [0.05, 0.1) is 19.1 Å². The predicted octanol–water partition coefficient (Wildman–Crippen LogP) is 4.67. The Morgan fingerprint density at radius 2 is 1.68 bits per heavy atom. The molecule has 0 saturated heterocycles. The summed E-state index contributed by atoms with van der Waals surface area (Å²) >= 11 is 6.22. The van der Waals surface area contributed by atoms with Crippen molar-refractivity contribution in [1.82, 2.24) is 10.2 Å². The van der Waals surface area contributed by atoms with E-state index in [2.05, 4.69) is 5.32 Å². The van der Waals surface area contributed by atoms with E-state index < -0.39 is 16.1 Å². The summed E-state index contributed by atoms with van der Waals surface area (Å²) in [6, 6.07) is 22.7. The third-order valence-electron chi connectivity index (χ3n) is 6.36. The second-order valence-electron chi connectivity index (χ2n) is 9.39. The first-order chi connectivity index (χ1) is 19.1. The molecule has 0 aliphatic heterocycles. The van der Waals surface area contributed by atoms with E-state index in [1.807, 2.05) is 43.3 Å². The number of amides is 2. The third-order valence-corrected chi connectivity index (χ3v) is 7.79. The Bertz CT molecular complexity index is 1380. The van der Waals surface area contributed by atoms with Gasteiger partial charge in [-0.05, 0) is 48.7 Å². The van der Waals surface area contributed by atoms with Crippen LogP contribution in [-0.2, 0) is 32.6 Å². The Morgan fingerprint density at radius 1 is 0.975 bits per heavy atom. The van der Waals surface area contributed by atoms with Crippen LogP contribution in [0.25, 0.3) is 0 Å². The molecule has 0 aliphatic rings. The zero-order chi connectivity index (χ0) is 29.1. The van der Waals surface area contributed by atoms with Crippen LogP contribution in [0.5, 0.6) is 5.75 Å². The van der Waals surface area contributed by atoms with Crippen molar-refractivity contribution < 1.29 is 22.7 Å². The lowest BCUT2D eigenvalue weighted by Crippen LogP contribution is -2.50. The number of carbonyl (C=O) groups excluding carboxylic acids is 2. The van der Waals surface area contributed by atoms with E-state index in [4.69, 9.17) is 16.3 Å². The smallest absolute Gasteiger partial charge is 0.243 e. The van der Waals surface area contributed by atoms with E-state index in [1.54, 1.807) is 47.4 Å². The highest BCUT2D eigenvalue weighted by Crippen LogP contribution is 2.24. The maximum absolute atomic E-state index is 13.8. The molecule has 0 aromatic heterocycles. The van der Waals surface area contributed by atoms with Gasteiger partial charge in [0.25, 0.3) is 0 Å². The first-order valence-corrected chi connectivity index (χ1v) is 15.3. The Morgan fingerprint density at radius 3 is 2.33 bits per heavy atom. The molecule has 214 valence electrons. The minimum atomic E-state index is -3.62. The van der Waals surface area contributed by atoms with Crippen LogP contribution in [0.3, 0.4) is 0 Å². The van der Waals surface area contributed by atoms with Gasteiger partial charge in [-0.25, -0.2) is 8.42 Å². The summed E-state index contributed by atoms with van der Waals surface area (Å²) in [4.78, 5) is 28.6. The monoisotopic (exact) mass is 585 g/mol. The van der Waals surface area contributed by atoms with Crippen LogP contribution in [0.4, 0.5) is 5.69 Å². The number of benzene rings is 3. The van der Waals surface area contributed by atoms with Crippen LogP contribution < -0.4 is 14.4 Å². The lowest BCUT2D eigenvalue weighted by Gasteiger charge is -2.32. The second-order valence-corrected chi connectivity index (χ2v) is 11.7. The van der Waals surface area contributed by atoms with Crippen molar-refractivity contribution in [3.05, 3.63) is 95.0 Å². The first kappa shape index (κ1) is 31.0. The van der Waals surface area contributed by atoms with E-state index in [1.165, 1.54) is 11.4 Å². The molecule has 1 N–H and O–H groups in total. The van der Waals surface area contributed by atoms with Crippen LogP contribution in [-0.4, -0.2) is 57.6 Å². The summed E-state index contributed by atoms with van der Waals surface area (Å²) < 4.78 is 31.7. The number of likely N-dealkylation sites (N-methyl/N-ethyl adjacent to an activating group) is 1. The van der Waals surface area contributed by atoms with Gasteiger partial charge in [-0.3, -0.25) is 13.9 Å². The van der Waals surface area contributed by atoms with Crippen LogP contribution in [0.2, 0.25) is 5.02 Å². The van der Waals surface area contributed by atoms with Crippen molar-refractivity contribution in [1.29, 1.82) is 0 Å². The summed E-state index contributed by atoms with van der Waals surface area (Å²) in [5.74, 6) is 0.0164. The van der Waals surface area contributed by atoms with Crippen LogP contribution in [0.1, 0.15) is 30.9 Å². The molecule has 0 aliphatic carbocycles. The molecule has 3 rings (SSSR count). The van der Waals surface area contributed by atoms with E-state index in [-0.39, 0.29) is 37.7 Å². The first-order valence-electron chi connectivity index (χ1n) is 13.1. The Balaban J connectivity index is 1.86. The van der Waals surface area contributed by atoms with Crippen LogP contribution in [0, 0.1) is 0 Å². The number of rotatable bonds is 14. The third kappa shape index (κ3) is 8.99. The number of halogens is 1. The molecular weight excluding hydrogens is 550 g/mol. The fraction of sp³-hybridized carbons (Fsp3) is 0.333. The molecule has 3 aromatic carbocycles. The van der Waals surface area contributed by atoms with E-state index >= 15 is 0 Å². The summed E-state index contributed by atoms with van der Waals surface area (Å²) in [7, 11) is -2.11. The summed E-state index contributed by atoms with van der Waals surface area (Å²) in [5, 5.41) is 3.40. The molecule has 2 amide bonds. The highest BCUT2D eigenvalue weighted by molar-refractivity contribution is 7.92. The number of nitrogens with zero attached hydrogens (tertiary/aromatic N) is 2. The van der Waals surface area contributed by atoms with E-state index in [0.717, 1.165) is 17.4 Å². The van der Waals surface area contributed by atoms with Crippen molar-refractivity contribution in [3.8, 4) is 5.75 Å². The SMILES string of the molecule is CCNC(=O)[C@H](Cc1ccccc1)N(Cc1cccc(Cl)c1)C(=O)CCCN(c1cccc(OC)c1)S(C)(=O)=O. The van der Waals surface area contributed by atoms with Gasteiger partial charge in [0, 0.05) is 43.6 Å². The van der Waals surface area contributed by atoms with E-state index in [9.17, 15) is 18.0 Å². The van der Waals surface area contributed by atoms with Gasteiger partial charge in [-0.2, -0.15) is 0 Å². The summed E-state index contributed by atoms with van der Waals surface area (Å²) in [6.45, 7) is 2.53. The number of hydrogen-bond acceptors (Lipinski definition) is 5. The van der Waals surface area contributed by atoms with Gasteiger partial charge in [0.15, 0.2) is 0 Å². The zero-order valence-corrected chi connectivity index (χ0v) is 24.6. The zero-order valence-electron chi connectivity index (χ0n) is 23.0. The summed E-state index contributed by atoms with van der Waals surface area (Å²) in [5.41, 5.74) is 2.16. The van der Waals surface area contributed by atoms with Gasteiger partial charge in [-0.1, -0.05) is 60.1 Å². The fourth-order valence-electron chi connectivity index (χ4n) is 4.45. The van der Waals surface area contributed by atoms with Gasteiger partial charge < -0.3 is 15.0 Å². The molecule has 0 radical (unpaired) electrons. The number of carbonyl (C=O) groups is 2. The molecule has 0 spiro atoms. The second kappa shape index (κ2) is 14.7. The average Bonchev–Trinajstić information content (AvgIpc) is 2.93. The number of methoxy groups -OCH3 is 1. The minimum Gasteiger partial charge on any atom is -0.497 e. The predicted molar refractivity (Wildman–Crippen MR) is 159 cm³/mol. The van der Waals surface area contributed by atoms with Gasteiger partial charge >= 0.3 is 0 Å². The molecule has 1 atom stereocenters. The van der Waals surface area contributed by atoms with Crippen LogP contribution >= 0.6 is 11.6 Å². The molecular formula is C30H36ClN3O5S. The molecule has 40 heavy (non-hydrogen) atoms. The largest absolute Gasteiger partial charge is 0.497 e. The van der Waals surface area contributed by atoms with Crippen molar-refractivity contribution in [2.24, 2.45) is 0 Å². The van der Waals surface area contributed by atoms with Gasteiger partial charge in [0.2, 0.25) is 21.8 Å². The van der Waals surface area contributed by atoms with Crippen LogP contribution in [0.15, 0.2) is 78.9 Å². The molecule has 10 heteroatoms.